The summed E-state index contributed by atoms with van der Waals surface area (Å²) in [6, 6.07) is 0.512. The van der Waals surface area contributed by atoms with Gasteiger partial charge in [0.2, 0.25) is 0 Å². The molecular weight excluding hydrogens is 178 g/mol. The fourth-order valence-corrected chi connectivity index (χ4v) is 1.69. The van der Waals surface area contributed by atoms with Crippen molar-refractivity contribution in [3.05, 3.63) is 12.2 Å². The van der Waals surface area contributed by atoms with Gasteiger partial charge in [0.1, 0.15) is 0 Å². The van der Waals surface area contributed by atoms with Gasteiger partial charge in [-0.3, -0.25) is 0 Å². The molecule has 82 valence electrons. The van der Waals surface area contributed by atoms with Gasteiger partial charge in [-0.1, -0.05) is 12.2 Å². The van der Waals surface area contributed by atoms with E-state index in [-0.39, 0.29) is 6.10 Å². The van der Waals surface area contributed by atoms with Gasteiger partial charge in [-0.2, -0.15) is 0 Å². The minimum absolute atomic E-state index is 0.333. The van der Waals surface area contributed by atoms with Crippen molar-refractivity contribution in [2.75, 3.05) is 20.3 Å². The van der Waals surface area contributed by atoms with Gasteiger partial charge in [-0.15, -0.1) is 0 Å². The molecule has 14 heavy (non-hydrogen) atoms. The molecule has 2 N–H and O–H groups in total. The molecule has 0 fully saturated rings. The van der Waals surface area contributed by atoms with Crippen molar-refractivity contribution in [3.8, 4) is 0 Å². The molecule has 0 bridgehead atoms. The Hall–Kier alpha value is -0.380. The number of nitrogens with one attached hydrogen (secondary N) is 1. The van der Waals surface area contributed by atoms with Crippen LogP contribution >= 0.6 is 0 Å². The maximum atomic E-state index is 9.40. The third-order valence-corrected chi connectivity index (χ3v) is 2.50. The highest BCUT2D eigenvalue weighted by molar-refractivity contribution is 4.97. The van der Waals surface area contributed by atoms with E-state index in [1.165, 1.54) is 19.3 Å². The van der Waals surface area contributed by atoms with Crippen LogP contribution in [0.15, 0.2) is 12.2 Å². The van der Waals surface area contributed by atoms with Gasteiger partial charge in [0.05, 0.1) is 12.7 Å². The lowest BCUT2D eigenvalue weighted by Crippen LogP contribution is -2.31. The number of rotatable bonds is 6. The number of hydrogen-bond donors (Lipinski definition) is 2. The smallest absolute Gasteiger partial charge is 0.0785 e. The van der Waals surface area contributed by atoms with Crippen molar-refractivity contribution in [2.24, 2.45) is 0 Å². The summed E-state index contributed by atoms with van der Waals surface area (Å²) in [6.45, 7) is 1.29. The molecule has 0 aromatic heterocycles. The summed E-state index contributed by atoms with van der Waals surface area (Å²) in [6.07, 6.45) is 8.59. The molecule has 0 spiro atoms. The molecule has 0 saturated carbocycles. The number of methoxy groups -OCH3 is 1. The van der Waals surface area contributed by atoms with Crippen LogP contribution in [0.3, 0.4) is 0 Å². The minimum atomic E-state index is -0.333. The van der Waals surface area contributed by atoms with Crippen LogP contribution in [0.1, 0.15) is 25.7 Å². The second-order valence-electron chi connectivity index (χ2n) is 3.82. The molecule has 0 radical (unpaired) electrons. The highest BCUT2D eigenvalue weighted by Gasteiger charge is 2.08. The largest absolute Gasteiger partial charge is 0.391 e. The highest BCUT2D eigenvalue weighted by atomic mass is 16.5. The molecule has 0 amide bonds. The van der Waals surface area contributed by atoms with Crippen molar-refractivity contribution in [3.63, 3.8) is 0 Å². The van der Waals surface area contributed by atoms with Crippen LogP contribution in [-0.2, 0) is 4.74 Å². The summed E-state index contributed by atoms with van der Waals surface area (Å²) in [4.78, 5) is 0. The van der Waals surface area contributed by atoms with Crippen LogP contribution in [0.25, 0.3) is 0 Å². The normalized spacial score (nSPS) is 23.7. The Morgan fingerprint density at radius 1 is 1.64 bits per heavy atom. The lowest BCUT2D eigenvalue weighted by atomic mass is 10.0. The Bertz CT molecular complexity index is 171. The van der Waals surface area contributed by atoms with E-state index >= 15 is 0 Å². The standard InChI is InChI=1S/C11H21NO2/c1-14-9-11(13)7-8-12-10-5-3-2-4-6-10/h3,5,10-13H,2,4,6-9H2,1H3. The van der Waals surface area contributed by atoms with Crippen molar-refractivity contribution in [1.82, 2.24) is 5.32 Å². The molecule has 2 atom stereocenters. The Labute approximate surface area is 86.2 Å². The van der Waals surface area contributed by atoms with Crippen molar-refractivity contribution in [2.45, 2.75) is 37.8 Å². The summed E-state index contributed by atoms with van der Waals surface area (Å²) in [7, 11) is 1.61. The molecular formula is C11H21NO2. The molecule has 1 aliphatic rings. The molecule has 1 aliphatic carbocycles. The second-order valence-corrected chi connectivity index (χ2v) is 3.82. The monoisotopic (exact) mass is 199 g/mol. The van der Waals surface area contributed by atoms with Crippen LogP contribution in [0, 0.1) is 0 Å². The van der Waals surface area contributed by atoms with Gasteiger partial charge in [-0.05, 0) is 32.2 Å². The maximum Gasteiger partial charge on any atom is 0.0785 e. The van der Waals surface area contributed by atoms with Crippen LogP contribution < -0.4 is 5.32 Å². The molecule has 0 aromatic carbocycles. The molecule has 1 rings (SSSR count). The fourth-order valence-electron chi connectivity index (χ4n) is 1.69. The van der Waals surface area contributed by atoms with Gasteiger partial charge in [-0.25, -0.2) is 0 Å². The zero-order valence-corrected chi connectivity index (χ0v) is 8.91. The van der Waals surface area contributed by atoms with Gasteiger partial charge < -0.3 is 15.2 Å². The van der Waals surface area contributed by atoms with Gasteiger partial charge in [0.25, 0.3) is 0 Å². The third kappa shape index (κ3) is 4.74. The molecule has 0 heterocycles. The summed E-state index contributed by atoms with van der Waals surface area (Å²) in [5, 5.41) is 12.8. The number of ether oxygens (including phenoxy) is 1. The summed E-state index contributed by atoms with van der Waals surface area (Å²) in [5.41, 5.74) is 0. The lowest BCUT2D eigenvalue weighted by Gasteiger charge is -2.18. The lowest BCUT2D eigenvalue weighted by molar-refractivity contribution is 0.0591. The molecule has 0 aliphatic heterocycles. The SMILES string of the molecule is COCC(O)CCNC1C=CCCC1. The first-order chi connectivity index (χ1) is 6.83. The van der Waals surface area contributed by atoms with E-state index in [2.05, 4.69) is 17.5 Å². The predicted octanol–water partition coefficient (Wildman–Crippen LogP) is 1.08. The first-order valence-corrected chi connectivity index (χ1v) is 5.40. The Kier molecular flexibility index (Phi) is 5.83. The van der Waals surface area contributed by atoms with Crippen LogP contribution in [0.4, 0.5) is 0 Å². The highest BCUT2D eigenvalue weighted by Crippen LogP contribution is 2.09. The van der Waals surface area contributed by atoms with E-state index in [1.807, 2.05) is 0 Å². The van der Waals surface area contributed by atoms with E-state index in [4.69, 9.17) is 4.74 Å². The van der Waals surface area contributed by atoms with E-state index in [0.717, 1.165) is 13.0 Å². The third-order valence-electron chi connectivity index (χ3n) is 2.50. The first-order valence-electron chi connectivity index (χ1n) is 5.40. The van der Waals surface area contributed by atoms with Crippen LogP contribution in [0.2, 0.25) is 0 Å². The van der Waals surface area contributed by atoms with E-state index in [9.17, 15) is 5.11 Å². The summed E-state index contributed by atoms with van der Waals surface area (Å²) >= 11 is 0. The second kappa shape index (κ2) is 6.98. The van der Waals surface area contributed by atoms with Crippen LogP contribution in [0.5, 0.6) is 0 Å². The van der Waals surface area contributed by atoms with E-state index in [0.29, 0.717) is 12.6 Å². The zero-order valence-electron chi connectivity index (χ0n) is 8.91. The van der Waals surface area contributed by atoms with Crippen LogP contribution in [-0.4, -0.2) is 37.5 Å². The fraction of sp³-hybridized carbons (Fsp3) is 0.818. The average molecular weight is 199 g/mol. The molecule has 3 heteroatoms. The Morgan fingerprint density at radius 3 is 3.14 bits per heavy atom. The molecule has 3 nitrogen and oxygen atoms in total. The van der Waals surface area contributed by atoms with Gasteiger partial charge in [0, 0.05) is 13.2 Å². The summed E-state index contributed by atoms with van der Waals surface area (Å²) < 4.78 is 4.85. The Morgan fingerprint density at radius 2 is 2.50 bits per heavy atom. The maximum absolute atomic E-state index is 9.40. The summed E-state index contributed by atoms with van der Waals surface area (Å²) in [5.74, 6) is 0. The quantitative estimate of drug-likeness (QED) is 0.629. The molecule has 2 unspecified atom stereocenters. The number of hydrogen-bond acceptors (Lipinski definition) is 3. The first kappa shape index (κ1) is 11.7. The zero-order chi connectivity index (χ0) is 10.2. The van der Waals surface area contributed by atoms with Crippen molar-refractivity contribution >= 4 is 0 Å². The average Bonchev–Trinajstić information content (AvgIpc) is 2.20. The van der Waals surface area contributed by atoms with E-state index < -0.39 is 0 Å². The molecule has 0 saturated heterocycles. The van der Waals surface area contributed by atoms with Gasteiger partial charge in [0.15, 0.2) is 0 Å². The van der Waals surface area contributed by atoms with Crippen molar-refractivity contribution < 1.29 is 9.84 Å². The minimum Gasteiger partial charge on any atom is -0.391 e. The predicted molar refractivity (Wildman–Crippen MR) is 57.3 cm³/mol. The van der Waals surface area contributed by atoms with Gasteiger partial charge >= 0.3 is 0 Å². The van der Waals surface area contributed by atoms with Crippen molar-refractivity contribution in [1.29, 1.82) is 0 Å². The Balaban J connectivity index is 2.02. The molecule has 0 aromatic rings. The number of aliphatic hydroxyl groups is 1. The number of allylic oxidation sites excluding steroid dienone is 1. The number of aliphatic hydroxyl groups excluding tert-OH is 1. The topological polar surface area (TPSA) is 41.5 Å². The van der Waals surface area contributed by atoms with E-state index in [1.54, 1.807) is 7.11 Å².